The second-order valence-corrected chi connectivity index (χ2v) is 3.26. The lowest BCUT2D eigenvalue weighted by Crippen LogP contribution is -2.19. The highest BCUT2D eigenvalue weighted by Crippen LogP contribution is 2.44. The normalized spacial score (nSPS) is 33.0. The van der Waals surface area contributed by atoms with E-state index in [1.165, 1.54) is 12.8 Å². The molecule has 52 valence electrons. The lowest BCUT2D eigenvalue weighted by Gasteiger charge is -2.19. The van der Waals surface area contributed by atoms with Crippen molar-refractivity contribution in [3.05, 3.63) is 0 Å². The zero-order valence-electron chi connectivity index (χ0n) is 5.72. The van der Waals surface area contributed by atoms with E-state index in [-0.39, 0.29) is 5.79 Å². The standard InChI is InChI=1S/C7H12O2/c1-6-2-4-7(5-3-6)8-9-7/h6H,2-5H2,1H3. The smallest absolute Gasteiger partial charge is 0.195 e. The van der Waals surface area contributed by atoms with Gasteiger partial charge in [0.15, 0.2) is 0 Å². The molecule has 0 unspecified atom stereocenters. The predicted octanol–water partition coefficient (Wildman–Crippen LogP) is 1.85. The third-order valence-corrected chi connectivity index (χ3v) is 2.36. The van der Waals surface area contributed by atoms with E-state index in [1.807, 2.05) is 0 Å². The zero-order valence-corrected chi connectivity index (χ0v) is 5.72. The SMILES string of the molecule is CC1CCC2(CC1)OO2. The van der Waals surface area contributed by atoms with E-state index in [9.17, 15) is 0 Å². The maximum Gasteiger partial charge on any atom is 0.234 e. The maximum atomic E-state index is 4.89. The van der Waals surface area contributed by atoms with Crippen LogP contribution in [0.4, 0.5) is 0 Å². The summed E-state index contributed by atoms with van der Waals surface area (Å²) >= 11 is 0. The molecule has 2 aliphatic rings. The Morgan fingerprint density at radius 3 is 2.22 bits per heavy atom. The van der Waals surface area contributed by atoms with E-state index in [1.54, 1.807) is 0 Å². The molecule has 0 amide bonds. The second-order valence-electron chi connectivity index (χ2n) is 3.26. The van der Waals surface area contributed by atoms with Crippen LogP contribution in [-0.4, -0.2) is 5.79 Å². The van der Waals surface area contributed by atoms with Gasteiger partial charge in [-0.1, -0.05) is 6.92 Å². The topological polar surface area (TPSA) is 25.1 Å². The van der Waals surface area contributed by atoms with Gasteiger partial charge < -0.3 is 0 Å². The molecule has 0 N–H and O–H groups in total. The molecule has 1 aliphatic carbocycles. The van der Waals surface area contributed by atoms with Gasteiger partial charge in [-0.25, -0.2) is 0 Å². The van der Waals surface area contributed by atoms with Crippen LogP contribution in [0.3, 0.4) is 0 Å². The molecule has 1 aliphatic heterocycles. The summed E-state index contributed by atoms with van der Waals surface area (Å²) in [6.45, 7) is 2.29. The van der Waals surface area contributed by atoms with Gasteiger partial charge in [-0.15, -0.1) is 0 Å². The van der Waals surface area contributed by atoms with Gasteiger partial charge >= 0.3 is 0 Å². The van der Waals surface area contributed by atoms with E-state index in [4.69, 9.17) is 9.78 Å². The molecule has 1 heterocycles. The van der Waals surface area contributed by atoms with Crippen LogP contribution in [0.5, 0.6) is 0 Å². The van der Waals surface area contributed by atoms with Gasteiger partial charge in [-0.05, 0) is 18.8 Å². The number of hydrogen-bond acceptors (Lipinski definition) is 2. The molecule has 2 rings (SSSR count). The fourth-order valence-electron chi connectivity index (χ4n) is 1.43. The second kappa shape index (κ2) is 1.70. The lowest BCUT2D eigenvalue weighted by atomic mass is 9.87. The monoisotopic (exact) mass is 128 g/mol. The Bertz CT molecular complexity index is 108. The van der Waals surface area contributed by atoms with E-state index < -0.39 is 0 Å². The van der Waals surface area contributed by atoms with Gasteiger partial charge in [0.1, 0.15) is 0 Å². The molecule has 2 nitrogen and oxygen atoms in total. The summed E-state index contributed by atoms with van der Waals surface area (Å²) in [5.41, 5.74) is 0. The van der Waals surface area contributed by atoms with Crippen molar-refractivity contribution in [2.24, 2.45) is 5.92 Å². The molecule has 0 atom stereocenters. The van der Waals surface area contributed by atoms with Crippen LogP contribution in [0, 0.1) is 5.92 Å². The van der Waals surface area contributed by atoms with Crippen LogP contribution in [0.2, 0.25) is 0 Å². The third-order valence-electron chi connectivity index (χ3n) is 2.36. The first kappa shape index (κ1) is 5.69. The molecule has 1 saturated carbocycles. The van der Waals surface area contributed by atoms with Crippen molar-refractivity contribution in [2.75, 3.05) is 0 Å². The largest absolute Gasteiger partial charge is 0.234 e. The van der Waals surface area contributed by atoms with Crippen LogP contribution >= 0.6 is 0 Å². The molecule has 0 aromatic carbocycles. The molecule has 1 spiro atoms. The Morgan fingerprint density at radius 2 is 1.78 bits per heavy atom. The first-order chi connectivity index (χ1) is 4.31. The summed E-state index contributed by atoms with van der Waals surface area (Å²) in [6, 6.07) is 0. The van der Waals surface area contributed by atoms with Crippen LogP contribution in [0.15, 0.2) is 0 Å². The highest BCUT2D eigenvalue weighted by atomic mass is 17.4. The third kappa shape index (κ3) is 0.970. The van der Waals surface area contributed by atoms with Crippen LogP contribution < -0.4 is 0 Å². The molecule has 9 heavy (non-hydrogen) atoms. The van der Waals surface area contributed by atoms with Crippen molar-refractivity contribution in [1.82, 2.24) is 0 Å². The quantitative estimate of drug-likeness (QED) is 0.367. The van der Waals surface area contributed by atoms with E-state index in [2.05, 4.69) is 6.92 Å². The van der Waals surface area contributed by atoms with Gasteiger partial charge in [0.25, 0.3) is 0 Å². The molecule has 0 aromatic heterocycles. The summed E-state index contributed by atoms with van der Waals surface area (Å²) in [7, 11) is 0. The first-order valence-electron chi connectivity index (χ1n) is 3.68. The van der Waals surface area contributed by atoms with Crippen molar-refractivity contribution in [2.45, 2.75) is 38.4 Å². The van der Waals surface area contributed by atoms with Crippen molar-refractivity contribution in [3.8, 4) is 0 Å². The van der Waals surface area contributed by atoms with Gasteiger partial charge in [0.2, 0.25) is 5.79 Å². The molecular weight excluding hydrogens is 116 g/mol. The molecule has 0 radical (unpaired) electrons. The number of hydrogen-bond donors (Lipinski definition) is 0. The lowest BCUT2D eigenvalue weighted by molar-refractivity contribution is 0.0850. The Kier molecular flexibility index (Phi) is 1.08. The zero-order chi connectivity index (χ0) is 6.32. The van der Waals surface area contributed by atoms with Crippen molar-refractivity contribution in [1.29, 1.82) is 0 Å². The van der Waals surface area contributed by atoms with Crippen molar-refractivity contribution < 1.29 is 9.78 Å². The minimum Gasteiger partial charge on any atom is -0.195 e. The summed E-state index contributed by atoms with van der Waals surface area (Å²) in [5, 5.41) is 0. The van der Waals surface area contributed by atoms with Crippen LogP contribution in [0.25, 0.3) is 0 Å². The van der Waals surface area contributed by atoms with Gasteiger partial charge in [0.05, 0.1) is 0 Å². The average molecular weight is 128 g/mol. The van der Waals surface area contributed by atoms with E-state index in [0.29, 0.717) is 0 Å². The molecular formula is C7H12O2. The van der Waals surface area contributed by atoms with Gasteiger partial charge in [-0.3, -0.25) is 0 Å². The minimum atomic E-state index is -0.0908. The Balaban J connectivity index is 1.91. The van der Waals surface area contributed by atoms with Crippen molar-refractivity contribution in [3.63, 3.8) is 0 Å². The Morgan fingerprint density at radius 1 is 1.22 bits per heavy atom. The summed E-state index contributed by atoms with van der Waals surface area (Å²) in [4.78, 5) is 9.77. The molecule has 0 bridgehead atoms. The van der Waals surface area contributed by atoms with E-state index >= 15 is 0 Å². The molecule has 2 fully saturated rings. The average Bonchev–Trinajstić information content (AvgIpc) is 2.60. The van der Waals surface area contributed by atoms with Crippen LogP contribution in [0.1, 0.15) is 32.6 Å². The van der Waals surface area contributed by atoms with Crippen LogP contribution in [-0.2, 0) is 9.78 Å². The predicted molar refractivity (Wildman–Crippen MR) is 32.5 cm³/mol. The first-order valence-corrected chi connectivity index (χ1v) is 3.68. The highest BCUT2D eigenvalue weighted by Gasteiger charge is 2.50. The summed E-state index contributed by atoms with van der Waals surface area (Å²) in [5.74, 6) is 0.787. The van der Waals surface area contributed by atoms with Gasteiger partial charge in [-0.2, -0.15) is 9.78 Å². The fraction of sp³-hybridized carbons (Fsp3) is 1.00. The fourth-order valence-corrected chi connectivity index (χ4v) is 1.43. The minimum absolute atomic E-state index is 0.0908. The Labute approximate surface area is 55.1 Å². The highest BCUT2D eigenvalue weighted by molar-refractivity contribution is 4.80. The molecule has 0 aromatic rings. The van der Waals surface area contributed by atoms with Crippen molar-refractivity contribution >= 4 is 0 Å². The summed E-state index contributed by atoms with van der Waals surface area (Å²) in [6.07, 6.45) is 4.74. The summed E-state index contributed by atoms with van der Waals surface area (Å²) < 4.78 is 0. The maximum absolute atomic E-state index is 4.89. The molecule has 2 heteroatoms. The van der Waals surface area contributed by atoms with E-state index in [0.717, 1.165) is 18.8 Å². The molecule has 1 saturated heterocycles. The number of rotatable bonds is 0. The van der Waals surface area contributed by atoms with Gasteiger partial charge in [0, 0.05) is 12.8 Å². The Hall–Kier alpha value is -0.0800.